The van der Waals surface area contributed by atoms with Crippen molar-refractivity contribution in [3.8, 4) is 0 Å². The molecule has 0 aromatic carbocycles. The molecule has 0 spiro atoms. The summed E-state index contributed by atoms with van der Waals surface area (Å²) >= 11 is 0. The van der Waals surface area contributed by atoms with Crippen LogP contribution in [0.1, 0.15) is 6.42 Å². The minimum atomic E-state index is -1.41. The van der Waals surface area contributed by atoms with Crippen LogP contribution in [0.4, 0.5) is 0 Å². The van der Waals surface area contributed by atoms with Crippen LogP contribution in [0.3, 0.4) is 0 Å². The van der Waals surface area contributed by atoms with Crippen molar-refractivity contribution < 1.29 is 35.1 Å². The first-order valence-corrected chi connectivity index (χ1v) is 5.16. The Morgan fingerprint density at radius 3 is 2.29 bits per heavy atom. The van der Waals surface area contributed by atoms with Crippen LogP contribution in [0.15, 0.2) is 0 Å². The van der Waals surface area contributed by atoms with Gasteiger partial charge in [-0.1, -0.05) is 0 Å². The summed E-state index contributed by atoms with van der Waals surface area (Å²) in [5.74, 6) is -1.16. The highest BCUT2D eigenvalue weighted by Gasteiger charge is 2.48. The molecule has 0 saturated carbocycles. The molecule has 1 fully saturated rings. The van der Waals surface area contributed by atoms with Gasteiger partial charge in [-0.25, -0.2) is 0 Å². The van der Waals surface area contributed by atoms with Gasteiger partial charge in [0.2, 0.25) is 0 Å². The number of rotatable bonds is 5. The number of aliphatic hydroxyl groups excluding tert-OH is 4. The third kappa shape index (κ3) is 3.12. The highest BCUT2D eigenvalue weighted by Crippen LogP contribution is 2.26. The second-order valence-corrected chi connectivity index (χ2v) is 4.06. The number of hydrogen-bond donors (Lipinski definition) is 6. The number of aliphatic carboxylic acids is 1. The second-order valence-electron chi connectivity index (χ2n) is 4.06. The molecule has 8 nitrogen and oxygen atoms in total. The number of aliphatic hydroxyl groups is 4. The van der Waals surface area contributed by atoms with E-state index in [9.17, 15) is 20.1 Å². The fourth-order valence-corrected chi connectivity index (χ4v) is 1.83. The van der Waals surface area contributed by atoms with Gasteiger partial charge < -0.3 is 36.0 Å². The van der Waals surface area contributed by atoms with Gasteiger partial charge in [0.1, 0.15) is 30.5 Å². The van der Waals surface area contributed by atoms with E-state index in [2.05, 4.69) is 0 Å². The molecule has 5 unspecified atom stereocenters. The molecule has 0 amide bonds. The normalized spacial score (nSPS) is 36.8. The molecule has 0 aromatic rings. The number of ether oxygens (including phenoxy) is 1. The van der Waals surface area contributed by atoms with Gasteiger partial charge in [-0.05, 0) is 0 Å². The second kappa shape index (κ2) is 5.71. The van der Waals surface area contributed by atoms with Gasteiger partial charge in [-0.2, -0.15) is 0 Å². The lowest BCUT2D eigenvalue weighted by molar-refractivity contribution is -0.139. The number of carbonyl (C=O) groups is 1. The highest BCUT2D eigenvalue weighted by molar-refractivity contribution is 5.67. The molecule has 1 aliphatic heterocycles. The predicted octanol–water partition coefficient (Wildman–Crippen LogP) is -3.37. The third-order valence-electron chi connectivity index (χ3n) is 2.74. The van der Waals surface area contributed by atoms with Crippen molar-refractivity contribution in [2.45, 2.75) is 43.0 Å². The highest BCUT2D eigenvalue weighted by atomic mass is 16.6. The molecular weight excluding hydrogens is 234 g/mol. The van der Waals surface area contributed by atoms with E-state index in [-0.39, 0.29) is 0 Å². The number of hydrogen-bond acceptors (Lipinski definition) is 7. The molecule has 1 aliphatic rings. The lowest BCUT2D eigenvalue weighted by Crippen LogP contribution is -2.44. The van der Waals surface area contributed by atoms with Gasteiger partial charge in [-0.15, -0.1) is 0 Å². The average molecular weight is 251 g/mol. The lowest BCUT2D eigenvalue weighted by Gasteiger charge is -2.21. The van der Waals surface area contributed by atoms with Crippen LogP contribution in [-0.4, -0.2) is 74.7 Å². The van der Waals surface area contributed by atoms with E-state index in [4.69, 9.17) is 20.7 Å². The van der Waals surface area contributed by atoms with Crippen molar-refractivity contribution >= 4 is 5.97 Å². The van der Waals surface area contributed by atoms with Crippen molar-refractivity contribution in [2.75, 3.05) is 6.61 Å². The zero-order valence-corrected chi connectivity index (χ0v) is 9.01. The molecule has 8 heteroatoms. The monoisotopic (exact) mass is 251 g/mol. The Morgan fingerprint density at radius 1 is 1.29 bits per heavy atom. The summed E-state index contributed by atoms with van der Waals surface area (Å²) in [5, 5.41) is 45.8. The molecule has 1 heterocycles. The van der Waals surface area contributed by atoms with Crippen molar-refractivity contribution in [1.82, 2.24) is 0 Å². The number of nitrogens with two attached hydrogens (primary N) is 1. The van der Waals surface area contributed by atoms with E-state index >= 15 is 0 Å². The Kier molecular flexibility index (Phi) is 4.80. The summed E-state index contributed by atoms with van der Waals surface area (Å²) in [7, 11) is 0. The molecule has 0 bridgehead atoms. The quantitative estimate of drug-likeness (QED) is 0.296. The Morgan fingerprint density at radius 2 is 1.82 bits per heavy atom. The number of carboxylic acid groups (broad SMARTS) is 1. The standard InChI is InChI=1S/C9H17NO7/c10-3(1-5(13)14)8-6(15)7(16)9(17-8)4(12)2-11/h3-4,6-9,11-12,15-16H,1-2,10H2,(H,13,14)/t3?,4?,6?,7?,8?,9-/m1/s1. The Bertz CT molecular complexity index is 274. The average Bonchev–Trinajstić information content (AvgIpc) is 2.54. The molecule has 7 N–H and O–H groups in total. The van der Waals surface area contributed by atoms with E-state index in [1.165, 1.54) is 0 Å². The zero-order valence-electron chi connectivity index (χ0n) is 9.01. The summed E-state index contributed by atoms with van der Waals surface area (Å²) in [4.78, 5) is 10.5. The summed E-state index contributed by atoms with van der Waals surface area (Å²) in [5.41, 5.74) is 5.52. The van der Waals surface area contributed by atoms with Crippen molar-refractivity contribution in [1.29, 1.82) is 0 Å². The summed E-state index contributed by atoms with van der Waals surface area (Å²) in [6.45, 7) is -0.644. The van der Waals surface area contributed by atoms with Gasteiger partial charge in [0, 0.05) is 6.04 Å². The molecule has 6 atom stereocenters. The Labute approximate surface area is 97.2 Å². The number of carboxylic acids is 1. The minimum Gasteiger partial charge on any atom is -0.481 e. The molecular formula is C9H17NO7. The van der Waals surface area contributed by atoms with Gasteiger partial charge >= 0.3 is 5.97 Å². The summed E-state index contributed by atoms with van der Waals surface area (Å²) in [6, 6.07) is -1.01. The van der Waals surface area contributed by atoms with E-state index in [1.807, 2.05) is 0 Å². The SMILES string of the molecule is NC(CC(=O)O)C1O[C@H](C(O)CO)C(O)C1O. The molecule has 0 radical (unpaired) electrons. The van der Waals surface area contributed by atoms with Crippen LogP contribution in [-0.2, 0) is 9.53 Å². The van der Waals surface area contributed by atoms with Gasteiger partial charge in [0.15, 0.2) is 0 Å². The van der Waals surface area contributed by atoms with E-state index < -0.39 is 55.6 Å². The minimum absolute atomic E-state index is 0.434. The molecule has 0 aromatic heterocycles. The van der Waals surface area contributed by atoms with E-state index in [0.29, 0.717) is 0 Å². The fraction of sp³-hybridized carbons (Fsp3) is 0.889. The van der Waals surface area contributed by atoms with Gasteiger partial charge in [-0.3, -0.25) is 4.79 Å². The van der Waals surface area contributed by atoms with Crippen molar-refractivity contribution in [3.05, 3.63) is 0 Å². The van der Waals surface area contributed by atoms with Crippen LogP contribution in [0, 0.1) is 0 Å². The zero-order chi connectivity index (χ0) is 13.2. The Hall–Kier alpha value is -0.770. The lowest BCUT2D eigenvalue weighted by atomic mass is 9.99. The van der Waals surface area contributed by atoms with Crippen LogP contribution in [0.5, 0.6) is 0 Å². The summed E-state index contributed by atoms with van der Waals surface area (Å²) < 4.78 is 5.10. The maximum Gasteiger partial charge on any atom is 0.305 e. The topological polar surface area (TPSA) is 153 Å². The smallest absolute Gasteiger partial charge is 0.305 e. The van der Waals surface area contributed by atoms with E-state index in [0.717, 1.165) is 0 Å². The molecule has 100 valence electrons. The molecule has 17 heavy (non-hydrogen) atoms. The molecule has 1 saturated heterocycles. The predicted molar refractivity (Wildman–Crippen MR) is 54.0 cm³/mol. The maximum absolute atomic E-state index is 10.5. The van der Waals surface area contributed by atoms with E-state index in [1.54, 1.807) is 0 Å². The van der Waals surface area contributed by atoms with Crippen LogP contribution < -0.4 is 5.73 Å². The first kappa shape index (κ1) is 14.3. The van der Waals surface area contributed by atoms with Crippen LogP contribution in [0.25, 0.3) is 0 Å². The largest absolute Gasteiger partial charge is 0.481 e. The van der Waals surface area contributed by atoms with Crippen molar-refractivity contribution in [3.63, 3.8) is 0 Å². The first-order valence-electron chi connectivity index (χ1n) is 5.16. The van der Waals surface area contributed by atoms with Crippen LogP contribution in [0.2, 0.25) is 0 Å². The Balaban J connectivity index is 2.67. The first-order chi connectivity index (χ1) is 7.88. The maximum atomic E-state index is 10.5. The van der Waals surface area contributed by atoms with Crippen molar-refractivity contribution in [2.24, 2.45) is 5.73 Å². The molecule has 1 rings (SSSR count). The van der Waals surface area contributed by atoms with Gasteiger partial charge in [0.05, 0.1) is 13.0 Å². The third-order valence-corrected chi connectivity index (χ3v) is 2.74. The molecule has 0 aliphatic carbocycles. The summed E-state index contributed by atoms with van der Waals surface area (Å²) in [6.07, 6.45) is -6.87. The van der Waals surface area contributed by atoms with Crippen LogP contribution >= 0.6 is 0 Å². The van der Waals surface area contributed by atoms with Gasteiger partial charge in [0.25, 0.3) is 0 Å². The fourth-order valence-electron chi connectivity index (χ4n) is 1.83.